The summed E-state index contributed by atoms with van der Waals surface area (Å²) in [6, 6.07) is 14.4. The fourth-order valence-corrected chi connectivity index (χ4v) is 2.52. The largest absolute Gasteiger partial charge is 0.325 e. The van der Waals surface area contributed by atoms with Gasteiger partial charge in [0.15, 0.2) is 0 Å². The Bertz CT molecular complexity index is 675. The van der Waals surface area contributed by atoms with Crippen molar-refractivity contribution in [3.05, 3.63) is 60.3 Å². The Hall–Kier alpha value is -2.89. The van der Waals surface area contributed by atoms with Gasteiger partial charge in [0.05, 0.1) is 0 Å². The van der Waals surface area contributed by atoms with E-state index in [4.69, 9.17) is 0 Å². The summed E-state index contributed by atoms with van der Waals surface area (Å²) in [6.07, 6.45) is 1.20. The molecule has 0 aliphatic carbocycles. The van der Waals surface area contributed by atoms with Crippen LogP contribution in [0.15, 0.2) is 54.7 Å². The normalized spacial score (nSPS) is 17.7. The fourth-order valence-electron chi connectivity index (χ4n) is 2.52. The Morgan fingerprint density at radius 1 is 1.18 bits per heavy atom. The first kappa shape index (κ1) is 14.1. The Kier molecular flexibility index (Phi) is 3.74. The van der Waals surface area contributed by atoms with Crippen LogP contribution in [0.4, 0.5) is 10.6 Å². The second-order valence-corrected chi connectivity index (χ2v) is 5.06. The lowest BCUT2D eigenvalue weighted by atomic mass is 10.1. The lowest BCUT2D eigenvalue weighted by Crippen LogP contribution is -2.37. The highest BCUT2D eigenvalue weighted by Crippen LogP contribution is 2.29. The lowest BCUT2D eigenvalue weighted by Gasteiger charge is -2.27. The highest BCUT2D eigenvalue weighted by Gasteiger charge is 2.39. The third kappa shape index (κ3) is 2.63. The zero-order chi connectivity index (χ0) is 15.5. The highest BCUT2D eigenvalue weighted by atomic mass is 16.2. The van der Waals surface area contributed by atoms with Gasteiger partial charge in [0.25, 0.3) is 0 Å². The zero-order valence-electron chi connectivity index (χ0n) is 12.1. The quantitative estimate of drug-likeness (QED) is 0.922. The van der Waals surface area contributed by atoms with E-state index in [1.54, 1.807) is 36.3 Å². The predicted molar refractivity (Wildman–Crippen MR) is 81.9 cm³/mol. The van der Waals surface area contributed by atoms with Crippen LogP contribution in [0.3, 0.4) is 0 Å². The molecule has 1 aromatic carbocycles. The second kappa shape index (κ2) is 5.85. The molecule has 3 amide bonds. The number of aromatic nitrogens is 1. The van der Waals surface area contributed by atoms with E-state index < -0.39 is 6.17 Å². The third-order valence-electron chi connectivity index (χ3n) is 3.62. The minimum absolute atomic E-state index is 0.0503. The summed E-state index contributed by atoms with van der Waals surface area (Å²) >= 11 is 0. The third-order valence-corrected chi connectivity index (χ3v) is 3.62. The standard InChI is InChI=1S/C16H16N4O2/c1-19-14(21)11-20(15(19)12-7-3-2-4-8-12)16(22)18-13-9-5-6-10-17-13/h2-10,15H,11H2,1H3,(H,17,18,22)/t15-/m0/s1. The Balaban J connectivity index is 1.84. The van der Waals surface area contributed by atoms with Crippen LogP contribution in [-0.2, 0) is 4.79 Å². The SMILES string of the molecule is CN1C(=O)CN(C(=O)Nc2ccccn2)[C@H]1c1ccccc1. The van der Waals surface area contributed by atoms with E-state index in [-0.39, 0.29) is 18.5 Å². The number of nitrogens with one attached hydrogen (secondary N) is 1. The summed E-state index contributed by atoms with van der Waals surface area (Å²) in [7, 11) is 1.70. The monoisotopic (exact) mass is 296 g/mol. The van der Waals surface area contributed by atoms with Gasteiger partial charge in [0.2, 0.25) is 5.91 Å². The predicted octanol–water partition coefficient (Wildman–Crippen LogP) is 2.09. The molecule has 2 heterocycles. The van der Waals surface area contributed by atoms with E-state index >= 15 is 0 Å². The summed E-state index contributed by atoms with van der Waals surface area (Å²) in [5.74, 6) is 0.367. The molecule has 1 aliphatic heterocycles. The van der Waals surface area contributed by atoms with Gasteiger partial charge in [-0.1, -0.05) is 36.4 Å². The first-order valence-electron chi connectivity index (χ1n) is 6.96. The molecule has 3 rings (SSSR count). The highest BCUT2D eigenvalue weighted by molar-refractivity contribution is 5.94. The molecule has 0 unspecified atom stereocenters. The van der Waals surface area contributed by atoms with Crippen molar-refractivity contribution in [2.24, 2.45) is 0 Å². The summed E-state index contributed by atoms with van der Waals surface area (Å²) in [5, 5.41) is 2.72. The van der Waals surface area contributed by atoms with E-state index in [9.17, 15) is 9.59 Å². The van der Waals surface area contributed by atoms with Crippen LogP contribution in [0.25, 0.3) is 0 Å². The molecule has 0 bridgehead atoms. The lowest BCUT2D eigenvalue weighted by molar-refractivity contribution is -0.126. The van der Waals surface area contributed by atoms with Crippen molar-refractivity contribution in [3.8, 4) is 0 Å². The second-order valence-electron chi connectivity index (χ2n) is 5.06. The number of pyridine rings is 1. The van der Waals surface area contributed by atoms with Gasteiger partial charge in [-0.15, -0.1) is 0 Å². The number of carbonyl (C=O) groups excluding carboxylic acids is 2. The number of hydrogen-bond acceptors (Lipinski definition) is 3. The van der Waals surface area contributed by atoms with E-state index in [2.05, 4.69) is 10.3 Å². The molecule has 1 fully saturated rings. The number of benzene rings is 1. The Morgan fingerprint density at radius 3 is 2.59 bits per heavy atom. The van der Waals surface area contributed by atoms with Crippen molar-refractivity contribution in [3.63, 3.8) is 0 Å². The van der Waals surface area contributed by atoms with Crippen LogP contribution in [0, 0.1) is 0 Å². The van der Waals surface area contributed by atoms with Crippen LogP contribution in [-0.4, -0.2) is 40.3 Å². The smallest absolute Gasteiger partial charge is 0.319 e. The molecule has 2 aromatic rings. The van der Waals surface area contributed by atoms with Crippen molar-refractivity contribution >= 4 is 17.8 Å². The number of anilines is 1. The molecule has 0 spiro atoms. The maximum absolute atomic E-state index is 12.5. The van der Waals surface area contributed by atoms with Gasteiger partial charge in [0.1, 0.15) is 18.5 Å². The number of likely N-dealkylation sites (N-methyl/N-ethyl adjacent to an activating group) is 1. The van der Waals surface area contributed by atoms with Crippen LogP contribution in [0.5, 0.6) is 0 Å². The number of hydrogen-bond donors (Lipinski definition) is 1. The van der Waals surface area contributed by atoms with Gasteiger partial charge < -0.3 is 4.90 Å². The summed E-state index contributed by atoms with van der Waals surface area (Å²) < 4.78 is 0. The molecule has 112 valence electrons. The van der Waals surface area contributed by atoms with E-state index in [1.807, 2.05) is 30.3 Å². The van der Waals surface area contributed by atoms with Crippen molar-refractivity contribution in [2.75, 3.05) is 18.9 Å². The van der Waals surface area contributed by atoms with Gasteiger partial charge in [-0.2, -0.15) is 0 Å². The molecule has 1 saturated heterocycles. The molecular weight excluding hydrogens is 280 g/mol. The van der Waals surface area contributed by atoms with Crippen molar-refractivity contribution in [1.82, 2.24) is 14.8 Å². The number of nitrogens with zero attached hydrogens (tertiary/aromatic N) is 3. The molecule has 1 aromatic heterocycles. The average Bonchev–Trinajstić information content (AvgIpc) is 2.85. The molecule has 1 N–H and O–H groups in total. The maximum atomic E-state index is 12.5. The Labute approximate surface area is 128 Å². The zero-order valence-corrected chi connectivity index (χ0v) is 12.1. The first-order chi connectivity index (χ1) is 10.7. The summed E-state index contributed by atoms with van der Waals surface area (Å²) in [6.45, 7) is 0.0503. The van der Waals surface area contributed by atoms with Crippen molar-refractivity contribution in [1.29, 1.82) is 0 Å². The van der Waals surface area contributed by atoms with Gasteiger partial charge in [0, 0.05) is 13.2 Å². The van der Waals surface area contributed by atoms with E-state index in [0.29, 0.717) is 5.82 Å². The molecular formula is C16H16N4O2. The molecule has 0 saturated carbocycles. The molecule has 22 heavy (non-hydrogen) atoms. The van der Waals surface area contributed by atoms with Crippen molar-refractivity contribution < 1.29 is 9.59 Å². The van der Waals surface area contributed by atoms with Gasteiger partial charge >= 0.3 is 6.03 Å². The van der Waals surface area contributed by atoms with Gasteiger partial charge in [-0.05, 0) is 17.7 Å². The minimum Gasteiger partial charge on any atom is -0.319 e. The van der Waals surface area contributed by atoms with E-state index in [0.717, 1.165) is 5.56 Å². The first-order valence-corrected chi connectivity index (χ1v) is 6.96. The number of rotatable bonds is 2. The maximum Gasteiger partial charge on any atom is 0.325 e. The van der Waals surface area contributed by atoms with E-state index in [1.165, 1.54) is 4.90 Å². The van der Waals surface area contributed by atoms with Crippen molar-refractivity contribution in [2.45, 2.75) is 6.17 Å². The molecule has 6 heteroatoms. The summed E-state index contributed by atoms with van der Waals surface area (Å²) in [5.41, 5.74) is 0.895. The van der Waals surface area contributed by atoms with Crippen LogP contribution >= 0.6 is 0 Å². The number of urea groups is 1. The van der Waals surface area contributed by atoms with Crippen LogP contribution in [0.1, 0.15) is 11.7 Å². The minimum atomic E-state index is -0.405. The van der Waals surface area contributed by atoms with Crippen LogP contribution in [0.2, 0.25) is 0 Å². The average molecular weight is 296 g/mol. The van der Waals surface area contributed by atoms with Gasteiger partial charge in [-0.25, -0.2) is 9.78 Å². The summed E-state index contributed by atoms with van der Waals surface area (Å²) in [4.78, 5) is 31.7. The molecule has 6 nitrogen and oxygen atoms in total. The molecule has 0 radical (unpaired) electrons. The topological polar surface area (TPSA) is 65.5 Å². The number of amides is 3. The van der Waals surface area contributed by atoms with Gasteiger partial charge in [-0.3, -0.25) is 15.0 Å². The number of carbonyl (C=O) groups is 2. The Morgan fingerprint density at radius 2 is 1.91 bits per heavy atom. The molecule has 1 aliphatic rings. The molecule has 1 atom stereocenters. The fraction of sp³-hybridized carbons (Fsp3) is 0.188. The van der Waals surface area contributed by atoms with Crippen LogP contribution < -0.4 is 5.32 Å².